The lowest BCUT2D eigenvalue weighted by atomic mass is 9.84. The van der Waals surface area contributed by atoms with Crippen LogP contribution in [0.2, 0.25) is 0 Å². The lowest BCUT2D eigenvalue weighted by molar-refractivity contribution is -0.141. The molecule has 1 aromatic heterocycles. The van der Waals surface area contributed by atoms with Crippen molar-refractivity contribution >= 4 is 11.9 Å². The number of carbonyl (C=O) groups is 2. The first-order chi connectivity index (χ1) is 11.0. The Morgan fingerprint density at radius 3 is 2.78 bits per heavy atom. The summed E-state index contributed by atoms with van der Waals surface area (Å²) in [5, 5.41) is 13.8. The molecule has 1 saturated heterocycles. The fourth-order valence-corrected chi connectivity index (χ4v) is 4.07. The van der Waals surface area contributed by atoms with E-state index in [1.54, 1.807) is 22.0 Å². The van der Waals surface area contributed by atoms with Crippen molar-refractivity contribution in [2.24, 2.45) is 11.8 Å². The zero-order valence-corrected chi connectivity index (χ0v) is 13.8. The van der Waals surface area contributed by atoms with Crippen molar-refractivity contribution in [3.63, 3.8) is 0 Å². The van der Waals surface area contributed by atoms with Crippen LogP contribution in [0.3, 0.4) is 0 Å². The summed E-state index contributed by atoms with van der Waals surface area (Å²) in [4.78, 5) is 26.2. The zero-order valence-electron chi connectivity index (χ0n) is 13.8. The van der Waals surface area contributed by atoms with Gasteiger partial charge in [0, 0.05) is 18.8 Å². The van der Waals surface area contributed by atoms with Crippen molar-refractivity contribution in [2.45, 2.75) is 64.6 Å². The predicted molar refractivity (Wildman–Crippen MR) is 85.0 cm³/mol. The van der Waals surface area contributed by atoms with E-state index in [0.717, 1.165) is 32.2 Å². The Morgan fingerprint density at radius 2 is 2.09 bits per heavy atom. The highest BCUT2D eigenvalue weighted by molar-refractivity contribution is 5.96. The van der Waals surface area contributed by atoms with Gasteiger partial charge in [-0.05, 0) is 31.1 Å². The largest absolute Gasteiger partial charge is 0.480 e. The van der Waals surface area contributed by atoms with Crippen molar-refractivity contribution < 1.29 is 14.7 Å². The van der Waals surface area contributed by atoms with Crippen molar-refractivity contribution in [1.82, 2.24) is 14.7 Å². The van der Waals surface area contributed by atoms with E-state index in [0.29, 0.717) is 23.8 Å². The minimum Gasteiger partial charge on any atom is -0.480 e. The van der Waals surface area contributed by atoms with E-state index >= 15 is 0 Å². The summed E-state index contributed by atoms with van der Waals surface area (Å²) in [6.45, 7) is 4.94. The average Bonchev–Trinajstić information content (AvgIpc) is 3.10. The number of nitrogens with zero attached hydrogens (tertiary/aromatic N) is 3. The summed E-state index contributed by atoms with van der Waals surface area (Å²) < 4.78 is 1.77. The average molecular weight is 319 g/mol. The normalized spacial score (nSPS) is 27.3. The van der Waals surface area contributed by atoms with E-state index in [-0.39, 0.29) is 11.9 Å². The first-order valence-corrected chi connectivity index (χ1v) is 8.55. The van der Waals surface area contributed by atoms with Gasteiger partial charge >= 0.3 is 5.97 Å². The minimum atomic E-state index is -0.887. The van der Waals surface area contributed by atoms with Crippen LogP contribution in [0.4, 0.5) is 0 Å². The second kappa shape index (κ2) is 6.34. The Bertz CT molecular complexity index is 596. The number of carboxylic acids is 1. The van der Waals surface area contributed by atoms with E-state index in [2.05, 4.69) is 18.9 Å². The number of hydrogen-bond donors (Lipinski definition) is 1. The van der Waals surface area contributed by atoms with Crippen LogP contribution in [0.5, 0.6) is 0 Å². The van der Waals surface area contributed by atoms with Crippen molar-refractivity contribution in [2.75, 3.05) is 0 Å². The van der Waals surface area contributed by atoms with Crippen LogP contribution >= 0.6 is 0 Å². The van der Waals surface area contributed by atoms with Crippen LogP contribution in [0.25, 0.3) is 0 Å². The van der Waals surface area contributed by atoms with Crippen molar-refractivity contribution in [1.29, 1.82) is 0 Å². The molecule has 0 radical (unpaired) electrons. The molecule has 2 fully saturated rings. The third kappa shape index (κ3) is 3.12. The van der Waals surface area contributed by atoms with Gasteiger partial charge < -0.3 is 10.0 Å². The number of fused-ring (bicyclic) bond motifs is 1. The lowest BCUT2D eigenvalue weighted by Gasteiger charge is -2.32. The molecule has 1 amide bonds. The molecule has 1 N–H and O–H groups in total. The third-order valence-corrected chi connectivity index (χ3v) is 5.04. The number of rotatable bonds is 4. The Hall–Kier alpha value is -1.85. The molecule has 3 unspecified atom stereocenters. The number of aliphatic carboxylic acids is 1. The van der Waals surface area contributed by atoms with Gasteiger partial charge in [0.15, 0.2) is 0 Å². The molecule has 0 spiro atoms. The molecule has 2 heterocycles. The van der Waals surface area contributed by atoms with Crippen molar-refractivity contribution in [3.8, 4) is 0 Å². The maximum absolute atomic E-state index is 12.9. The molecular weight excluding hydrogens is 294 g/mol. The van der Waals surface area contributed by atoms with Crippen LogP contribution in [0, 0.1) is 11.8 Å². The molecule has 0 aromatic carbocycles. The smallest absolute Gasteiger partial charge is 0.326 e. The number of carboxylic acid groups (broad SMARTS) is 1. The molecule has 0 bridgehead atoms. The fraction of sp³-hybridized carbons (Fsp3) is 0.706. The quantitative estimate of drug-likeness (QED) is 0.924. The Balaban J connectivity index is 1.83. The van der Waals surface area contributed by atoms with Gasteiger partial charge in [0.1, 0.15) is 6.04 Å². The van der Waals surface area contributed by atoms with Crippen LogP contribution < -0.4 is 0 Å². The number of aromatic nitrogens is 2. The second-order valence-corrected chi connectivity index (χ2v) is 7.26. The Labute approximate surface area is 136 Å². The standard InChI is InChI=1S/C17H25N3O3/c1-11(2)9-19-10-13(8-18-19)16(21)20-14-6-4-3-5-12(14)7-15(20)17(22)23/h8,10-12,14-15H,3-7,9H2,1-2H3,(H,22,23). The van der Waals surface area contributed by atoms with Crippen LogP contribution in [0.15, 0.2) is 12.4 Å². The molecule has 1 aliphatic carbocycles. The highest BCUT2D eigenvalue weighted by Gasteiger charge is 2.47. The van der Waals surface area contributed by atoms with Gasteiger partial charge in [0.25, 0.3) is 5.91 Å². The van der Waals surface area contributed by atoms with Gasteiger partial charge in [-0.3, -0.25) is 9.48 Å². The van der Waals surface area contributed by atoms with Gasteiger partial charge in [-0.25, -0.2) is 4.79 Å². The zero-order chi connectivity index (χ0) is 16.6. The number of carbonyl (C=O) groups excluding carboxylic acids is 1. The van der Waals surface area contributed by atoms with E-state index < -0.39 is 12.0 Å². The van der Waals surface area contributed by atoms with E-state index in [1.165, 1.54) is 0 Å². The van der Waals surface area contributed by atoms with Gasteiger partial charge in [-0.2, -0.15) is 5.10 Å². The highest BCUT2D eigenvalue weighted by Crippen LogP contribution is 2.40. The molecule has 1 saturated carbocycles. The molecule has 23 heavy (non-hydrogen) atoms. The number of hydrogen-bond acceptors (Lipinski definition) is 3. The molecule has 1 aromatic rings. The first kappa shape index (κ1) is 16.0. The maximum Gasteiger partial charge on any atom is 0.326 e. The Kier molecular flexibility index (Phi) is 4.41. The van der Waals surface area contributed by atoms with Crippen LogP contribution in [-0.4, -0.2) is 43.7 Å². The van der Waals surface area contributed by atoms with Gasteiger partial charge in [-0.1, -0.05) is 26.7 Å². The van der Waals surface area contributed by atoms with Crippen LogP contribution in [-0.2, 0) is 11.3 Å². The molecule has 1 aliphatic heterocycles. The molecular formula is C17H25N3O3. The van der Waals surface area contributed by atoms with E-state index in [4.69, 9.17) is 0 Å². The maximum atomic E-state index is 12.9. The van der Waals surface area contributed by atoms with E-state index in [1.807, 2.05) is 0 Å². The minimum absolute atomic E-state index is 0.0748. The summed E-state index contributed by atoms with van der Waals surface area (Å²) >= 11 is 0. The number of amides is 1. The molecule has 6 heteroatoms. The molecule has 126 valence electrons. The summed E-state index contributed by atoms with van der Waals surface area (Å²) in [7, 11) is 0. The molecule has 3 rings (SSSR count). The van der Waals surface area contributed by atoms with Gasteiger partial charge in [0.05, 0.1) is 11.8 Å². The monoisotopic (exact) mass is 319 g/mol. The third-order valence-electron chi connectivity index (χ3n) is 5.04. The summed E-state index contributed by atoms with van der Waals surface area (Å²) in [6.07, 6.45) is 8.07. The molecule has 3 atom stereocenters. The van der Waals surface area contributed by atoms with E-state index in [9.17, 15) is 14.7 Å². The Morgan fingerprint density at radius 1 is 1.35 bits per heavy atom. The first-order valence-electron chi connectivity index (χ1n) is 8.55. The molecule has 2 aliphatic rings. The topological polar surface area (TPSA) is 75.4 Å². The van der Waals surface area contributed by atoms with Gasteiger partial charge in [-0.15, -0.1) is 0 Å². The van der Waals surface area contributed by atoms with Gasteiger partial charge in [0.2, 0.25) is 0 Å². The SMILES string of the molecule is CC(C)Cn1cc(C(=O)N2C(C(=O)O)CC3CCCCC32)cn1. The summed E-state index contributed by atoms with van der Waals surface area (Å²) in [5.74, 6) is -0.289. The van der Waals surface area contributed by atoms with Crippen LogP contribution in [0.1, 0.15) is 56.3 Å². The second-order valence-electron chi connectivity index (χ2n) is 7.26. The molecule has 6 nitrogen and oxygen atoms in total. The number of likely N-dealkylation sites (tertiary alicyclic amines) is 1. The fourth-order valence-electron chi connectivity index (χ4n) is 4.07. The highest BCUT2D eigenvalue weighted by atomic mass is 16.4. The summed E-state index contributed by atoms with van der Waals surface area (Å²) in [5.41, 5.74) is 0.503. The summed E-state index contributed by atoms with van der Waals surface area (Å²) in [6, 6.07) is -0.616. The predicted octanol–water partition coefficient (Wildman–Crippen LogP) is 2.40. The van der Waals surface area contributed by atoms with Crippen molar-refractivity contribution in [3.05, 3.63) is 18.0 Å². The lowest BCUT2D eigenvalue weighted by Crippen LogP contribution is -2.46.